The van der Waals surface area contributed by atoms with Gasteiger partial charge in [-0.2, -0.15) is 4.39 Å². The summed E-state index contributed by atoms with van der Waals surface area (Å²) in [4.78, 5) is 12.5. The highest BCUT2D eigenvalue weighted by Crippen LogP contribution is 2.26. The van der Waals surface area contributed by atoms with Gasteiger partial charge in [0, 0.05) is 0 Å². The molecule has 0 atom stereocenters. The Bertz CT molecular complexity index is 1040. The zero-order chi connectivity index (χ0) is 23.6. The Morgan fingerprint density at radius 3 is 1.97 bits per heavy atom. The number of unbranched alkanes of at least 4 members (excludes halogenated alkanes) is 4. The van der Waals surface area contributed by atoms with Gasteiger partial charge in [0.05, 0.1) is 5.56 Å². The number of carbonyl (C=O) groups excluding carboxylic acids is 1. The highest BCUT2D eigenvalue weighted by atomic mass is 19.2. The van der Waals surface area contributed by atoms with Gasteiger partial charge in [0.1, 0.15) is 0 Å². The smallest absolute Gasteiger partial charge is 0.343 e. The molecular weight excluding hydrogens is 418 g/mol. The van der Waals surface area contributed by atoms with E-state index in [1.165, 1.54) is 17.7 Å². The molecule has 0 radical (unpaired) electrons. The molecule has 174 valence electrons. The van der Waals surface area contributed by atoms with Crippen LogP contribution in [0, 0.1) is 11.6 Å². The SMILES string of the molecule is CCCCCCCc1ccc(OC(=O)c2ccc(-c3ccc(CCC)cc3)cc2)c(F)c1F. The van der Waals surface area contributed by atoms with Crippen LogP contribution in [0.4, 0.5) is 8.78 Å². The van der Waals surface area contributed by atoms with Crippen LogP contribution in [-0.4, -0.2) is 5.97 Å². The first-order valence-electron chi connectivity index (χ1n) is 11.9. The molecule has 0 saturated carbocycles. The maximum Gasteiger partial charge on any atom is 0.343 e. The van der Waals surface area contributed by atoms with Gasteiger partial charge < -0.3 is 4.74 Å². The second-order valence-electron chi connectivity index (χ2n) is 8.43. The molecule has 0 bridgehead atoms. The minimum atomic E-state index is -1.11. The van der Waals surface area contributed by atoms with Gasteiger partial charge in [-0.15, -0.1) is 0 Å². The first-order chi connectivity index (χ1) is 16.0. The van der Waals surface area contributed by atoms with Crippen LogP contribution in [0.25, 0.3) is 11.1 Å². The molecule has 0 N–H and O–H groups in total. The Morgan fingerprint density at radius 1 is 0.697 bits per heavy atom. The van der Waals surface area contributed by atoms with Crippen LogP contribution < -0.4 is 4.74 Å². The van der Waals surface area contributed by atoms with Gasteiger partial charge in [-0.1, -0.05) is 88.4 Å². The van der Waals surface area contributed by atoms with Gasteiger partial charge >= 0.3 is 5.97 Å². The molecule has 0 aliphatic heterocycles. The summed E-state index contributed by atoms with van der Waals surface area (Å²) in [5.41, 5.74) is 3.90. The van der Waals surface area contributed by atoms with E-state index in [2.05, 4.69) is 38.1 Å². The molecule has 33 heavy (non-hydrogen) atoms. The Balaban J connectivity index is 1.63. The van der Waals surface area contributed by atoms with E-state index in [-0.39, 0.29) is 11.3 Å². The molecule has 3 rings (SSSR count). The first-order valence-corrected chi connectivity index (χ1v) is 11.9. The van der Waals surface area contributed by atoms with Gasteiger partial charge in [-0.25, -0.2) is 9.18 Å². The third-order valence-corrected chi connectivity index (χ3v) is 5.83. The van der Waals surface area contributed by atoms with Crippen molar-refractivity contribution in [2.75, 3.05) is 0 Å². The predicted molar refractivity (Wildman–Crippen MR) is 130 cm³/mol. The van der Waals surface area contributed by atoms with Crippen molar-refractivity contribution >= 4 is 5.97 Å². The van der Waals surface area contributed by atoms with Crippen molar-refractivity contribution in [2.45, 2.75) is 65.2 Å². The van der Waals surface area contributed by atoms with Crippen LogP contribution in [0.3, 0.4) is 0 Å². The highest BCUT2D eigenvalue weighted by Gasteiger charge is 2.18. The summed E-state index contributed by atoms with van der Waals surface area (Å²) in [7, 11) is 0. The van der Waals surface area contributed by atoms with Gasteiger partial charge in [0.15, 0.2) is 11.6 Å². The number of aryl methyl sites for hydroxylation is 2. The summed E-state index contributed by atoms with van der Waals surface area (Å²) < 4.78 is 34.1. The summed E-state index contributed by atoms with van der Waals surface area (Å²) >= 11 is 0. The van der Waals surface area contributed by atoms with Crippen LogP contribution in [-0.2, 0) is 12.8 Å². The van der Waals surface area contributed by atoms with Crippen molar-refractivity contribution in [2.24, 2.45) is 0 Å². The molecule has 0 fully saturated rings. The lowest BCUT2D eigenvalue weighted by molar-refractivity contribution is 0.0726. The van der Waals surface area contributed by atoms with E-state index >= 15 is 0 Å². The molecular formula is C29H32F2O2. The normalized spacial score (nSPS) is 10.9. The summed E-state index contributed by atoms with van der Waals surface area (Å²) in [5, 5.41) is 0. The maximum atomic E-state index is 14.5. The van der Waals surface area contributed by atoms with E-state index in [0.29, 0.717) is 12.0 Å². The van der Waals surface area contributed by atoms with Gasteiger partial charge in [-0.3, -0.25) is 0 Å². The third kappa shape index (κ3) is 6.74. The molecule has 3 aromatic carbocycles. The lowest BCUT2D eigenvalue weighted by Gasteiger charge is -2.10. The fraction of sp³-hybridized carbons (Fsp3) is 0.345. The molecule has 0 unspecified atom stereocenters. The lowest BCUT2D eigenvalue weighted by atomic mass is 10.0. The van der Waals surface area contributed by atoms with Crippen molar-refractivity contribution in [3.05, 3.63) is 89.0 Å². The van der Waals surface area contributed by atoms with Crippen molar-refractivity contribution in [1.29, 1.82) is 0 Å². The molecule has 3 aromatic rings. The standard InChI is InChI=1S/C29H32F2O2/c1-3-5-6-7-8-10-24-19-20-26(28(31)27(24)30)33-29(32)25-17-15-23(16-18-25)22-13-11-21(9-4-2)12-14-22/h11-20H,3-10H2,1-2H3. The fourth-order valence-electron chi connectivity index (χ4n) is 3.87. The van der Waals surface area contributed by atoms with Crippen molar-refractivity contribution in [3.63, 3.8) is 0 Å². The highest BCUT2D eigenvalue weighted by molar-refractivity contribution is 5.91. The largest absolute Gasteiger partial charge is 0.420 e. The molecule has 0 saturated heterocycles. The molecule has 0 spiro atoms. The molecule has 0 aromatic heterocycles. The van der Waals surface area contributed by atoms with E-state index in [9.17, 15) is 13.6 Å². The van der Waals surface area contributed by atoms with Crippen molar-refractivity contribution in [3.8, 4) is 16.9 Å². The Morgan fingerprint density at radius 2 is 1.33 bits per heavy atom. The van der Waals surface area contributed by atoms with Crippen LogP contribution in [0.2, 0.25) is 0 Å². The summed E-state index contributed by atoms with van der Waals surface area (Å²) in [6.07, 6.45) is 7.80. The Hall–Kier alpha value is -3.01. The van der Waals surface area contributed by atoms with E-state index in [1.807, 2.05) is 12.1 Å². The number of halogens is 2. The van der Waals surface area contributed by atoms with E-state index in [4.69, 9.17) is 4.74 Å². The van der Waals surface area contributed by atoms with E-state index in [0.717, 1.165) is 56.1 Å². The minimum absolute atomic E-state index is 0.279. The van der Waals surface area contributed by atoms with Crippen molar-refractivity contribution in [1.82, 2.24) is 0 Å². The monoisotopic (exact) mass is 450 g/mol. The van der Waals surface area contributed by atoms with Gasteiger partial charge in [0.2, 0.25) is 5.82 Å². The molecule has 0 aliphatic rings. The molecule has 0 amide bonds. The average molecular weight is 451 g/mol. The number of ether oxygens (including phenoxy) is 1. The zero-order valence-corrected chi connectivity index (χ0v) is 19.5. The molecule has 0 aliphatic carbocycles. The number of benzene rings is 3. The minimum Gasteiger partial charge on any atom is -0.420 e. The Kier molecular flexibility index (Phi) is 9.17. The number of hydrogen-bond acceptors (Lipinski definition) is 2. The Labute approximate surface area is 195 Å². The molecule has 0 heterocycles. The predicted octanol–water partition coefficient (Wildman–Crippen LogP) is 8.32. The quantitative estimate of drug-likeness (QED) is 0.167. The average Bonchev–Trinajstić information content (AvgIpc) is 2.84. The van der Waals surface area contributed by atoms with Gasteiger partial charge in [-0.05, 0) is 59.7 Å². The van der Waals surface area contributed by atoms with Gasteiger partial charge in [0.25, 0.3) is 0 Å². The number of carbonyl (C=O) groups is 1. The van der Waals surface area contributed by atoms with Crippen LogP contribution in [0.15, 0.2) is 60.7 Å². The summed E-state index contributed by atoms with van der Waals surface area (Å²) in [6, 6.07) is 18.1. The number of esters is 1. The second kappa shape index (κ2) is 12.3. The fourth-order valence-corrected chi connectivity index (χ4v) is 3.87. The lowest BCUT2D eigenvalue weighted by Crippen LogP contribution is -2.10. The topological polar surface area (TPSA) is 26.3 Å². The maximum absolute atomic E-state index is 14.5. The molecule has 4 heteroatoms. The number of hydrogen-bond donors (Lipinski definition) is 0. The van der Waals surface area contributed by atoms with Crippen LogP contribution >= 0.6 is 0 Å². The first kappa shape index (κ1) is 24.6. The van der Waals surface area contributed by atoms with Crippen LogP contribution in [0.5, 0.6) is 5.75 Å². The summed E-state index contributed by atoms with van der Waals surface area (Å²) in [5.74, 6) is -3.15. The van der Waals surface area contributed by atoms with Crippen LogP contribution in [0.1, 0.15) is 73.9 Å². The second-order valence-corrected chi connectivity index (χ2v) is 8.43. The number of rotatable bonds is 11. The van der Waals surface area contributed by atoms with Crippen molar-refractivity contribution < 1.29 is 18.3 Å². The molecule has 2 nitrogen and oxygen atoms in total. The van der Waals surface area contributed by atoms with E-state index in [1.54, 1.807) is 12.1 Å². The zero-order valence-electron chi connectivity index (χ0n) is 19.5. The summed E-state index contributed by atoms with van der Waals surface area (Å²) in [6.45, 7) is 4.28. The van der Waals surface area contributed by atoms with E-state index < -0.39 is 17.6 Å². The third-order valence-electron chi connectivity index (χ3n) is 5.83.